The number of rotatable bonds is 4. The first-order chi connectivity index (χ1) is 13.7. The van der Waals surface area contributed by atoms with E-state index in [2.05, 4.69) is 10.3 Å². The number of nitrogens with zero attached hydrogens (tertiary/aromatic N) is 3. The number of carbonyl (C=O) groups is 1. The quantitative estimate of drug-likeness (QED) is 0.781. The maximum absolute atomic E-state index is 13.6. The van der Waals surface area contributed by atoms with Crippen molar-refractivity contribution in [2.24, 2.45) is 0 Å². The molecule has 0 bridgehead atoms. The van der Waals surface area contributed by atoms with Crippen molar-refractivity contribution in [2.45, 2.75) is 19.5 Å². The number of nitrogens with one attached hydrogen (secondary N) is 1. The van der Waals surface area contributed by atoms with Crippen LogP contribution in [0.2, 0.25) is 0 Å². The maximum atomic E-state index is 13.6. The van der Waals surface area contributed by atoms with E-state index in [4.69, 9.17) is 0 Å². The zero-order valence-corrected chi connectivity index (χ0v) is 16.0. The highest BCUT2D eigenvalue weighted by Crippen LogP contribution is 2.29. The van der Waals surface area contributed by atoms with Gasteiger partial charge < -0.3 is 10.2 Å². The summed E-state index contributed by atoms with van der Waals surface area (Å²) in [6, 6.07) is 6.94. The molecule has 2 heterocycles. The van der Waals surface area contributed by atoms with Crippen molar-refractivity contribution in [3.63, 3.8) is 0 Å². The van der Waals surface area contributed by atoms with Crippen LogP contribution < -0.4 is 10.2 Å². The first-order valence-electron chi connectivity index (χ1n) is 9.29. The molecular weight excluding hydrogens is 388 g/mol. The molecule has 0 spiro atoms. The zero-order chi connectivity index (χ0) is 21.0. The Morgan fingerprint density at radius 3 is 2.59 bits per heavy atom. The largest absolute Gasteiger partial charge is 0.417 e. The molecule has 1 saturated heterocycles. The molecule has 0 radical (unpaired) electrons. The van der Waals surface area contributed by atoms with Gasteiger partial charge in [-0.25, -0.2) is 9.37 Å². The van der Waals surface area contributed by atoms with Gasteiger partial charge in [0.1, 0.15) is 11.6 Å². The van der Waals surface area contributed by atoms with Gasteiger partial charge in [0.15, 0.2) is 0 Å². The summed E-state index contributed by atoms with van der Waals surface area (Å²) in [5.74, 6) is -0.133. The number of carbonyl (C=O) groups excluding carboxylic acids is 1. The third-order valence-electron chi connectivity index (χ3n) is 4.81. The molecule has 2 aromatic rings. The van der Waals surface area contributed by atoms with Gasteiger partial charge in [0, 0.05) is 38.1 Å². The van der Waals surface area contributed by atoms with E-state index >= 15 is 0 Å². The number of hydrogen-bond acceptors (Lipinski definition) is 4. The smallest absolute Gasteiger partial charge is 0.355 e. The van der Waals surface area contributed by atoms with Gasteiger partial charge in [-0.15, -0.1) is 0 Å². The molecule has 1 aromatic carbocycles. The van der Waals surface area contributed by atoms with E-state index in [0.29, 0.717) is 43.2 Å². The van der Waals surface area contributed by atoms with Crippen LogP contribution in [-0.2, 0) is 11.0 Å². The minimum Gasteiger partial charge on any atom is -0.355 e. The number of hydrogen-bond donors (Lipinski definition) is 1. The molecule has 5 nitrogen and oxygen atoms in total. The first-order valence-corrected chi connectivity index (χ1v) is 9.29. The van der Waals surface area contributed by atoms with Crippen molar-refractivity contribution >= 4 is 17.4 Å². The van der Waals surface area contributed by atoms with E-state index in [1.165, 1.54) is 12.1 Å². The Labute approximate surface area is 166 Å². The Bertz CT molecular complexity index is 855. The second-order valence-corrected chi connectivity index (χ2v) is 7.03. The molecular formula is C20H22F4N4O. The van der Waals surface area contributed by atoms with Gasteiger partial charge in [-0.2, -0.15) is 13.2 Å². The lowest BCUT2D eigenvalue weighted by molar-refractivity contribution is -0.137. The summed E-state index contributed by atoms with van der Waals surface area (Å²) in [6.45, 7) is 4.23. The number of aryl methyl sites for hydroxylation is 1. The Morgan fingerprint density at radius 2 is 1.93 bits per heavy atom. The van der Waals surface area contributed by atoms with E-state index in [0.717, 1.165) is 18.7 Å². The van der Waals surface area contributed by atoms with Gasteiger partial charge >= 0.3 is 6.18 Å². The molecule has 3 rings (SSSR count). The van der Waals surface area contributed by atoms with Gasteiger partial charge in [0.2, 0.25) is 5.91 Å². The minimum atomic E-state index is -4.41. The second-order valence-electron chi connectivity index (χ2n) is 7.03. The van der Waals surface area contributed by atoms with Crippen LogP contribution in [0.4, 0.5) is 29.1 Å². The third-order valence-corrected chi connectivity index (χ3v) is 4.81. The number of pyridine rings is 1. The predicted octanol–water partition coefficient (Wildman–Crippen LogP) is 3.70. The van der Waals surface area contributed by atoms with E-state index in [1.54, 1.807) is 19.1 Å². The van der Waals surface area contributed by atoms with Crippen LogP contribution in [0, 0.1) is 12.7 Å². The summed E-state index contributed by atoms with van der Waals surface area (Å²) in [4.78, 5) is 20.1. The number of benzene rings is 1. The fourth-order valence-corrected chi connectivity index (χ4v) is 3.17. The van der Waals surface area contributed by atoms with Gasteiger partial charge in [-0.3, -0.25) is 9.69 Å². The summed E-state index contributed by atoms with van der Waals surface area (Å²) in [7, 11) is 0. The summed E-state index contributed by atoms with van der Waals surface area (Å²) in [6.07, 6.45) is -2.82. The highest BCUT2D eigenvalue weighted by atomic mass is 19.4. The van der Waals surface area contributed by atoms with Gasteiger partial charge in [0.05, 0.1) is 12.1 Å². The molecule has 1 fully saturated rings. The zero-order valence-electron chi connectivity index (χ0n) is 16.0. The van der Waals surface area contributed by atoms with E-state index in [9.17, 15) is 22.4 Å². The lowest BCUT2D eigenvalue weighted by atomic mass is 10.2. The molecule has 156 valence electrons. The van der Waals surface area contributed by atoms with Gasteiger partial charge in [0.25, 0.3) is 0 Å². The Morgan fingerprint density at radius 1 is 1.14 bits per heavy atom. The summed E-state index contributed by atoms with van der Waals surface area (Å²) >= 11 is 0. The third kappa shape index (κ3) is 5.66. The fourth-order valence-electron chi connectivity index (χ4n) is 3.17. The average molecular weight is 410 g/mol. The average Bonchev–Trinajstić information content (AvgIpc) is 2.90. The van der Waals surface area contributed by atoms with Crippen LogP contribution in [-0.4, -0.2) is 48.5 Å². The van der Waals surface area contributed by atoms with E-state index < -0.39 is 11.7 Å². The van der Waals surface area contributed by atoms with Crippen LogP contribution >= 0.6 is 0 Å². The van der Waals surface area contributed by atoms with E-state index in [1.807, 2.05) is 9.80 Å². The van der Waals surface area contributed by atoms with Crippen LogP contribution in [0.25, 0.3) is 0 Å². The number of aromatic nitrogens is 1. The van der Waals surface area contributed by atoms with Crippen molar-refractivity contribution in [3.8, 4) is 0 Å². The van der Waals surface area contributed by atoms with Crippen molar-refractivity contribution in [1.82, 2.24) is 9.88 Å². The van der Waals surface area contributed by atoms with Crippen molar-refractivity contribution < 1.29 is 22.4 Å². The lowest BCUT2D eigenvalue weighted by Crippen LogP contribution is -2.36. The monoisotopic (exact) mass is 410 g/mol. The standard InChI is InChI=1S/C20H22F4N4O/c1-14-3-5-16(11-17(14)21)26-19(29)13-27-7-2-8-28(10-9-27)18-6-4-15(12-25-18)20(22,23)24/h3-6,11-12H,2,7-10,13H2,1H3,(H,26,29). The Hall–Kier alpha value is -2.68. The fraction of sp³-hybridized carbons (Fsp3) is 0.400. The van der Waals surface area contributed by atoms with Crippen molar-refractivity contribution in [1.29, 1.82) is 0 Å². The molecule has 0 aliphatic carbocycles. The number of anilines is 2. The normalized spacial score (nSPS) is 15.8. The molecule has 29 heavy (non-hydrogen) atoms. The van der Waals surface area contributed by atoms with Crippen molar-refractivity contribution in [2.75, 3.05) is 42.9 Å². The first kappa shape index (κ1) is 21.0. The topological polar surface area (TPSA) is 48.5 Å². The molecule has 1 aromatic heterocycles. The number of alkyl halides is 3. The molecule has 0 saturated carbocycles. The highest BCUT2D eigenvalue weighted by molar-refractivity contribution is 5.92. The molecule has 9 heteroatoms. The van der Waals surface area contributed by atoms with Crippen LogP contribution in [0.5, 0.6) is 0 Å². The van der Waals surface area contributed by atoms with E-state index in [-0.39, 0.29) is 18.3 Å². The molecule has 0 atom stereocenters. The van der Waals surface area contributed by atoms with Crippen LogP contribution in [0.15, 0.2) is 36.5 Å². The highest BCUT2D eigenvalue weighted by Gasteiger charge is 2.31. The number of amides is 1. The van der Waals surface area contributed by atoms with Crippen LogP contribution in [0.1, 0.15) is 17.5 Å². The van der Waals surface area contributed by atoms with Gasteiger partial charge in [-0.1, -0.05) is 6.07 Å². The minimum absolute atomic E-state index is 0.157. The lowest BCUT2D eigenvalue weighted by Gasteiger charge is -2.22. The molecule has 1 aliphatic rings. The van der Waals surface area contributed by atoms with Crippen molar-refractivity contribution in [3.05, 3.63) is 53.5 Å². The Kier molecular flexibility index (Phi) is 6.36. The van der Waals surface area contributed by atoms with Gasteiger partial charge in [-0.05, 0) is 43.2 Å². The molecule has 1 N–H and O–H groups in total. The number of halogens is 4. The van der Waals surface area contributed by atoms with Crippen LogP contribution in [0.3, 0.4) is 0 Å². The molecule has 1 aliphatic heterocycles. The summed E-state index contributed by atoms with van der Waals surface area (Å²) in [5, 5.41) is 2.69. The molecule has 0 unspecified atom stereocenters. The predicted molar refractivity (Wildman–Crippen MR) is 102 cm³/mol. The second kappa shape index (κ2) is 8.77. The SMILES string of the molecule is Cc1ccc(NC(=O)CN2CCCN(c3ccc(C(F)(F)F)cn3)CC2)cc1F. The maximum Gasteiger partial charge on any atom is 0.417 e. The molecule has 1 amide bonds. The summed E-state index contributed by atoms with van der Waals surface area (Å²) < 4.78 is 51.6. The Balaban J connectivity index is 1.54. The summed E-state index contributed by atoms with van der Waals surface area (Å²) in [5.41, 5.74) is 0.137.